The first-order valence-electron chi connectivity index (χ1n) is 9.86. The van der Waals surface area contributed by atoms with Gasteiger partial charge >= 0.3 is 0 Å². The van der Waals surface area contributed by atoms with Crippen molar-refractivity contribution >= 4 is 54.9 Å². The second-order valence-electron chi connectivity index (χ2n) is 7.61. The Morgan fingerprint density at radius 2 is 2.06 bits per heavy atom. The number of nitrogens with zero attached hydrogens (tertiary/aromatic N) is 4. The van der Waals surface area contributed by atoms with Crippen molar-refractivity contribution in [3.8, 4) is 11.4 Å². The molecular formula is C21H19BrN6O2S. The number of hydrogen-bond acceptors (Lipinski definition) is 8. The Morgan fingerprint density at radius 1 is 1.23 bits per heavy atom. The van der Waals surface area contributed by atoms with Crippen LogP contribution in [-0.2, 0) is 4.79 Å². The number of thiazole rings is 1. The van der Waals surface area contributed by atoms with Gasteiger partial charge in [-0.2, -0.15) is 4.98 Å². The van der Waals surface area contributed by atoms with Crippen molar-refractivity contribution in [2.45, 2.75) is 32.7 Å². The van der Waals surface area contributed by atoms with E-state index in [4.69, 9.17) is 4.52 Å². The first kappa shape index (κ1) is 20.1. The highest BCUT2D eigenvalue weighted by Gasteiger charge is 2.35. The minimum atomic E-state index is -0.0340. The molecule has 3 heterocycles. The number of carbonyl (C=O) groups is 1. The number of aryl methyl sites for hydroxylation is 2. The molecule has 0 radical (unpaired) electrons. The van der Waals surface area contributed by atoms with Gasteiger partial charge in [0.15, 0.2) is 5.13 Å². The third-order valence-electron chi connectivity index (χ3n) is 5.37. The van der Waals surface area contributed by atoms with Gasteiger partial charge in [-0.15, -0.1) is 0 Å². The topological polar surface area (TPSA) is 106 Å². The fourth-order valence-electron chi connectivity index (χ4n) is 3.62. The summed E-state index contributed by atoms with van der Waals surface area (Å²) in [6.07, 6.45) is 3.28. The van der Waals surface area contributed by atoms with Gasteiger partial charge in [-0.05, 0) is 53.2 Å². The van der Waals surface area contributed by atoms with Crippen LogP contribution in [0.15, 0.2) is 38.8 Å². The van der Waals surface area contributed by atoms with Crippen LogP contribution in [-0.4, -0.2) is 32.1 Å². The van der Waals surface area contributed by atoms with Gasteiger partial charge < -0.3 is 15.2 Å². The summed E-state index contributed by atoms with van der Waals surface area (Å²) in [5.41, 5.74) is 1.75. The summed E-state index contributed by atoms with van der Waals surface area (Å²) in [4.78, 5) is 25.7. The van der Waals surface area contributed by atoms with Crippen LogP contribution in [0.4, 0.5) is 10.9 Å². The molecule has 1 fully saturated rings. The Labute approximate surface area is 190 Å². The predicted octanol–water partition coefficient (Wildman–Crippen LogP) is 4.95. The number of halogens is 1. The Bertz CT molecular complexity index is 1260. The van der Waals surface area contributed by atoms with Gasteiger partial charge in [0, 0.05) is 36.0 Å². The molecule has 8 nitrogen and oxygen atoms in total. The van der Waals surface area contributed by atoms with Crippen molar-refractivity contribution in [3.63, 3.8) is 0 Å². The van der Waals surface area contributed by atoms with Crippen LogP contribution in [0.1, 0.15) is 24.4 Å². The molecule has 31 heavy (non-hydrogen) atoms. The molecule has 1 amide bonds. The summed E-state index contributed by atoms with van der Waals surface area (Å²) in [7, 11) is 0. The van der Waals surface area contributed by atoms with E-state index in [1.807, 2.05) is 31.2 Å². The molecule has 1 aromatic carbocycles. The lowest BCUT2D eigenvalue weighted by Gasteiger charge is -2.35. The van der Waals surface area contributed by atoms with E-state index < -0.39 is 0 Å². The van der Waals surface area contributed by atoms with Crippen LogP contribution in [0.5, 0.6) is 0 Å². The van der Waals surface area contributed by atoms with Gasteiger partial charge in [0.05, 0.1) is 9.48 Å². The average molecular weight is 499 g/mol. The van der Waals surface area contributed by atoms with Crippen LogP contribution in [0.2, 0.25) is 0 Å². The van der Waals surface area contributed by atoms with Crippen LogP contribution in [0.25, 0.3) is 22.2 Å². The number of aromatic nitrogens is 4. The normalized spacial score (nSPS) is 18.0. The quantitative estimate of drug-likeness (QED) is 0.400. The van der Waals surface area contributed by atoms with E-state index in [1.165, 1.54) is 11.3 Å². The molecule has 0 spiro atoms. The number of benzene rings is 1. The zero-order valence-corrected chi connectivity index (χ0v) is 19.2. The molecule has 158 valence electrons. The largest absolute Gasteiger partial charge is 0.367 e. The maximum Gasteiger partial charge on any atom is 0.229 e. The molecule has 0 atom stereocenters. The predicted molar refractivity (Wildman–Crippen MR) is 123 cm³/mol. The molecule has 10 heteroatoms. The monoisotopic (exact) mass is 498 g/mol. The van der Waals surface area contributed by atoms with E-state index in [1.54, 1.807) is 13.1 Å². The third kappa shape index (κ3) is 4.05. The lowest BCUT2D eigenvalue weighted by molar-refractivity contribution is -0.122. The fraction of sp³-hybridized carbons (Fsp3) is 0.286. The Hall–Kier alpha value is -2.85. The highest BCUT2D eigenvalue weighted by Crippen LogP contribution is 2.35. The molecule has 3 aromatic heterocycles. The van der Waals surface area contributed by atoms with Gasteiger partial charge in [0.25, 0.3) is 0 Å². The molecule has 0 saturated heterocycles. The van der Waals surface area contributed by atoms with Crippen molar-refractivity contribution in [1.29, 1.82) is 0 Å². The molecule has 0 unspecified atom stereocenters. The lowest BCUT2D eigenvalue weighted by Crippen LogP contribution is -2.42. The molecule has 1 aliphatic carbocycles. The highest BCUT2D eigenvalue weighted by atomic mass is 79.9. The Kier molecular flexibility index (Phi) is 5.19. The number of amides is 1. The van der Waals surface area contributed by atoms with Crippen molar-refractivity contribution in [3.05, 3.63) is 45.8 Å². The van der Waals surface area contributed by atoms with Crippen LogP contribution in [0, 0.1) is 19.8 Å². The van der Waals surface area contributed by atoms with E-state index in [2.05, 4.69) is 46.7 Å². The summed E-state index contributed by atoms with van der Waals surface area (Å²) in [5.74, 6) is 1.86. The van der Waals surface area contributed by atoms with Crippen LogP contribution >= 0.6 is 27.3 Å². The number of fused-ring (bicyclic) bond motifs is 1. The molecule has 1 saturated carbocycles. The summed E-state index contributed by atoms with van der Waals surface area (Å²) >= 11 is 4.87. The van der Waals surface area contributed by atoms with E-state index in [9.17, 15) is 4.79 Å². The molecular weight excluding hydrogens is 480 g/mol. The molecule has 1 aliphatic rings. The number of hydrogen-bond donors (Lipinski definition) is 2. The summed E-state index contributed by atoms with van der Waals surface area (Å²) in [6, 6.07) is 8.17. The Morgan fingerprint density at radius 3 is 2.77 bits per heavy atom. The summed E-state index contributed by atoms with van der Waals surface area (Å²) in [5, 5.41) is 13.1. The zero-order valence-electron chi connectivity index (χ0n) is 16.8. The van der Waals surface area contributed by atoms with Gasteiger partial charge in [-0.3, -0.25) is 4.79 Å². The second kappa shape index (κ2) is 8.01. The SMILES string of the molecule is Cc1nc(-c2ccc3ccnc(N[C@H]4C[C@@H](C(=O)Nc5nc(C)c(Br)s5)C4)c3c2)no1. The molecule has 5 rings (SSSR count). The molecule has 0 bridgehead atoms. The number of carbonyl (C=O) groups excluding carboxylic acids is 1. The van der Waals surface area contributed by atoms with Crippen LogP contribution in [0.3, 0.4) is 0 Å². The minimum absolute atomic E-state index is 0.0138. The molecule has 0 aliphatic heterocycles. The van der Waals surface area contributed by atoms with Crippen molar-refractivity contribution in [2.75, 3.05) is 10.6 Å². The first-order valence-corrected chi connectivity index (χ1v) is 11.5. The first-order chi connectivity index (χ1) is 15.0. The van der Waals surface area contributed by atoms with E-state index >= 15 is 0 Å². The van der Waals surface area contributed by atoms with E-state index in [-0.39, 0.29) is 17.9 Å². The summed E-state index contributed by atoms with van der Waals surface area (Å²) in [6.45, 7) is 3.67. The minimum Gasteiger partial charge on any atom is -0.367 e. The number of rotatable bonds is 5. The maximum atomic E-state index is 12.5. The average Bonchev–Trinajstić information content (AvgIpc) is 3.28. The van der Waals surface area contributed by atoms with Crippen LogP contribution < -0.4 is 10.6 Å². The highest BCUT2D eigenvalue weighted by molar-refractivity contribution is 9.11. The Balaban J connectivity index is 1.27. The van der Waals surface area contributed by atoms with E-state index in [0.29, 0.717) is 16.8 Å². The van der Waals surface area contributed by atoms with Gasteiger partial charge in [0.2, 0.25) is 17.6 Å². The standard InChI is InChI=1S/C21H19BrN6O2S/c1-10-17(22)31-21(24-10)27-20(29)14-7-15(8-14)26-19-16-9-13(18-25-11(2)30-28-18)4-3-12(16)5-6-23-19/h3-6,9,14-15H,7-8H2,1-2H3,(H,23,26)(H,24,27,29)/t14-,15+. The molecule has 2 N–H and O–H groups in total. The van der Waals surface area contributed by atoms with Crippen molar-refractivity contribution < 1.29 is 9.32 Å². The molecule has 4 aromatic rings. The van der Waals surface area contributed by atoms with Gasteiger partial charge in [-0.1, -0.05) is 28.6 Å². The lowest BCUT2D eigenvalue weighted by atomic mass is 9.79. The van der Waals surface area contributed by atoms with Gasteiger partial charge in [-0.25, -0.2) is 9.97 Å². The number of nitrogens with one attached hydrogen (secondary N) is 2. The van der Waals surface area contributed by atoms with Gasteiger partial charge in [0.1, 0.15) is 5.82 Å². The smallest absolute Gasteiger partial charge is 0.229 e. The fourth-order valence-corrected chi connectivity index (χ4v) is 4.87. The third-order valence-corrected chi connectivity index (χ3v) is 7.29. The van der Waals surface area contributed by atoms with Crippen molar-refractivity contribution in [1.82, 2.24) is 20.1 Å². The zero-order chi connectivity index (χ0) is 21.5. The van der Waals surface area contributed by atoms with Crippen molar-refractivity contribution in [2.24, 2.45) is 5.92 Å². The maximum absolute atomic E-state index is 12.5. The second-order valence-corrected chi connectivity index (χ2v) is 9.93. The number of anilines is 2. The van der Waals surface area contributed by atoms with E-state index in [0.717, 1.165) is 44.5 Å². The number of pyridine rings is 1. The summed E-state index contributed by atoms with van der Waals surface area (Å²) < 4.78 is 6.04.